The van der Waals surface area contributed by atoms with Crippen LogP contribution in [0, 0.1) is 0 Å². The Balaban J connectivity index is 1.71. The second kappa shape index (κ2) is 6.30. The largest absolute Gasteiger partial charge is 0.416 e. The molecule has 1 saturated carbocycles. The van der Waals surface area contributed by atoms with E-state index in [-0.39, 0.29) is 12.3 Å². The molecule has 0 unspecified atom stereocenters. The molecular formula is C17H18F3N3O. The molecule has 0 spiro atoms. The molecule has 2 aromatic rings. The summed E-state index contributed by atoms with van der Waals surface area (Å²) in [5, 5.41) is 2.95. The Bertz CT molecular complexity index is 706. The van der Waals surface area contributed by atoms with Crippen LogP contribution in [0.4, 0.5) is 13.2 Å². The quantitative estimate of drug-likeness (QED) is 0.908. The van der Waals surface area contributed by atoms with E-state index in [0.29, 0.717) is 24.9 Å². The summed E-state index contributed by atoms with van der Waals surface area (Å²) in [6.07, 6.45) is 3.10. The van der Waals surface area contributed by atoms with Gasteiger partial charge >= 0.3 is 6.18 Å². The molecule has 3 rings (SSSR count). The van der Waals surface area contributed by atoms with Crippen molar-refractivity contribution in [2.75, 3.05) is 0 Å². The lowest BCUT2D eigenvalue weighted by Crippen LogP contribution is -2.51. The molecular weight excluding hydrogens is 319 g/mol. The molecule has 4 nitrogen and oxygen atoms in total. The first-order valence-corrected chi connectivity index (χ1v) is 7.84. The van der Waals surface area contributed by atoms with Crippen LogP contribution in [-0.2, 0) is 23.1 Å². The number of nitrogens with one attached hydrogen (secondary N) is 1. The van der Waals surface area contributed by atoms with Gasteiger partial charge in [0.15, 0.2) is 0 Å². The summed E-state index contributed by atoms with van der Waals surface area (Å²) in [6, 6.07) is 5.26. The fourth-order valence-electron chi connectivity index (χ4n) is 2.99. The standard InChI is InChI=1S/C17H18F3N3O/c18-17(19,20)14-4-1-3-13(11-14)16(6-2-7-16)22-15(24)5-9-23-10-8-21-12-23/h1,3-4,8,10-12H,2,5-7,9H2,(H,22,24). The van der Waals surface area contributed by atoms with Gasteiger partial charge in [0.2, 0.25) is 5.91 Å². The Labute approximate surface area is 137 Å². The first-order valence-electron chi connectivity index (χ1n) is 7.84. The summed E-state index contributed by atoms with van der Waals surface area (Å²) in [5.41, 5.74) is -0.828. The Kier molecular flexibility index (Phi) is 4.34. The SMILES string of the molecule is O=C(CCn1ccnc1)NC1(c2cccc(C(F)(F)F)c2)CCC1. The molecule has 1 aliphatic rings. The third kappa shape index (κ3) is 3.44. The fraction of sp³-hybridized carbons (Fsp3) is 0.412. The van der Waals surface area contributed by atoms with E-state index in [4.69, 9.17) is 0 Å². The van der Waals surface area contributed by atoms with Crippen molar-refractivity contribution < 1.29 is 18.0 Å². The molecule has 1 N–H and O–H groups in total. The number of hydrogen-bond donors (Lipinski definition) is 1. The molecule has 0 bridgehead atoms. The number of amides is 1. The van der Waals surface area contributed by atoms with Crippen LogP contribution in [0.15, 0.2) is 43.0 Å². The number of aromatic nitrogens is 2. The van der Waals surface area contributed by atoms with E-state index in [9.17, 15) is 18.0 Å². The third-order valence-corrected chi connectivity index (χ3v) is 4.48. The summed E-state index contributed by atoms with van der Waals surface area (Å²) in [6.45, 7) is 0.491. The highest BCUT2D eigenvalue weighted by Crippen LogP contribution is 2.43. The van der Waals surface area contributed by atoms with Crippen LogP contribution in [0.5, 0.6) is 0 Å². The van der Waals surface area contributed by atoms with Crippen LogP contribution in [0.3, 0.4) is 0 Å². The minimum absolute atomic E-state index is 0.166. The summed E-state index contributed by atoms with van der Waals surface area (Å²) >= 11 is 0. The van der Waals surface area contributed by atoms with Gasteiger partial charge in [-0.1, -0.05) is 12.1 Å². The lowest BCUT2D eigenvalue weighted by atomic mass is 9.71. The number of benzene rings is 1. The van der Waals surface area contributed by atoms with Crippen LogP contribution < -0.4 is 5.32 Å². The van der Waals surface area contributed by atoms with E-state index in [1.54, 1.807) is 29.4 Å². The zero-order valence-corrected chi connectivity index (χ0v) is 13.0. The number of imidazole rings is 1. The van der Waals surface area contributed by atoms with Gasteiger partial charge in [0.25, 0.3) is 0 Å². The first kappa shape index (κ1) is 16.5. The van der Waals surface area contributed by atoms with Gasteiger partial charge in [-0.15, -0.1) is 0 Å². The lowest BCUT2D eigenvalue weighted by molar-refractivity contribution is -0.137. The normalized spacial score (nSPS) is 16.5. The molecule has 0 saturated heterocycles. The maximum atomic E-state index is 12.9. The highest BCUT2D eigenvalue weighted by molar-refractivity contribution is 5.77. The van der Waals surface area contributed by atoms with Crippen LogP contribution in [-0.4, -0.2) is 15.5 Å². The van der Waals surface area contributed by atoms with Crippen molar-refractivity contribution in [3.8, 4) is 0 Å². The topological polar surface area (TPSA) is 46.9 Å². The maximum absolute atomic E-state index is 12.9. The number of carbonyl (C=O) groups is 1. The maximum Gasteiger partial charge on any atom is 0.416 e. The van der Waals surface area contributed by atoms with E-state index in [1.807, 2.05) is 0 Å². The van der Waals surface area contributed by atoms with Crippen molar-refractivity contribution >= 4 is 5.91 Å². The number of nitrogens with zero attached hydrogens (tertiary/aromatic N) is 2. The molecule has 0 radical (unpaired) electrons. The van der Waals surface area contributed by atoms with Crippen LogP contribution >= 0.6 is 0 Å². The van der Waals surface area contributed by atoms with E-state index in [0.717, 1.165) is 18.6 Å². The number of alkyl halides is 3. The molecule has 1 aliphatic carbocycles. The van der Waals surface area contributed by atoms with Crippen molar-refractivity contribution in [2.45, 2.75) is 43.9 Å². The number of hydrogen-bond acceptors (Lipinski definition) is 2. The van der Waals surface area contributed by atoms with Crippen molar-refractivity contribution in [1.29, 1.82) is 0 Å². The minimum Gasteiger partial charge on any atom is -0.347 e. The van der Waals surface area contributed by atoms with Gasteiger partial charge in [0.1, 0.15) is 0 Å². The average Bonchev–Trinajstić information content (AvgIpc) is 3.01. The van der Waals surface area contributed by atoms with Gasteiger partial charge in [-0.3, -0.25) is 4.79 Å². The van der Waals surface area contributed by atoms with Crippen molar-refractivity contribution in [3.05, 3.63) is 54.1 Å². The zero-order chi connectivity index (χ0) is 17.2. The molecule has 24 heavy (non-hydrogen) atoms. The number of aryl methyl sites for hydroxylation is 1. The molecule has 0 aliphatic heterocycles. The summed E-state index contributed by atoms with van der Waals surface area (Å²) in [5.74, 6) is -0.166. The monoisotopic (exact) mass is 337 g/mol. The fourth-order valence-corrected chi connectivity index (χ4v) is 2.99. The van der Waals surface area contributed by atoms with Gasteiger partial charge in [-0.25, -0.2) is 4.98 Å². The lowest BCUT2D eigenvalue weighted by Gasteiger charge is -2.43. The highest BCUT2D eigenvalue weighted by Gasteiger charge is 2.41. The van der Waals surface area contributed by atoms with Gasteiger partial charge in [-0.2, -0.15) is 13.2 Å². The van der Waals surface area contributed by atoms with Crippen molar-refractivity contribution in [2.24, 2.45) is 0 Å². The molecule has 1 aromatic carbocycles. The van der Waals surface area contributed by atoms with Crippen LogP contribution in [0.25, 0.3) is 0 Å². The Morgan fingerprint density at radius 1 is 1.33 bits per heavy atom. The first-order chi connectivity index (χ1) is 11.4. The Hall–Kier alpha value is -2.31. The molecule has 0 atom stereocenters. The molecule has 128 valence electrons. The van der Waals surface area contributed by atoms with Gasteiger partial charge in [-0.05, 0) is 37.0 Å². The Morgan fingerprint density at radius 3 is 2.71 bits per heavy atom. The van der Waals surface area contributed by atoms with Crippen molar-refractivity contribution in [3.63, 3.8) is 0 Å². The summed E-state index contributed by atoms with van der Waals surface area (Å²) in [4.78, 5) is 16.1. The van der Waals surface area contributed by atoms with E-state index < -0.39 is 17.3 Å². The summed E-state index contributed by atoms with van der Waals surface area (Å²) in [7, 11) is 0. The predicted octanol–water partition coefficient (Wildman–Crippen LogP) is 3.49. The molecule has 1 fully saturated rings. The zero-order valence-electron chi connectivity index (χ0n) is 13.0. The van der Waals surface area contributed by atoms with Gasteiger partial charge < -0.3 is 9.88 Å². The highest BCUT2D eigenvalue weighted by atomic mass is 19.4. The van der Waals surface area contributed by atoms with Gasteiger partial charge in [0, 0.05) is 25.4 Å². The third-order valence-electron chi connectivity index (χ3n) is 4.48. The summed E-state index contributed by atoms with van der Waals surface area (Å²) < 4.78 is 40.6. The second-order valence-corrected chi connectivity index (χ2v) is 6.11. The molecule has 1 amide bonds. The van der Waals surface area contributed by atoms with Crippen LogP contribution in [0.1, 0.15) is 36.8 Å². The Morgan fingerprint density at radius 2 is 2.12 bits per heavy atom. The van der Waals surface area contributed by atoms with Crippen LogP contribution in [0.2, 0.25) is 0 Å². The van der Waals surface area contributed by atoms with E-state index in [2.05, 4.69) is 10.3 Å². The second-order valence-electron chi connectivity index (χ2n) is 6.11. The molecule has 7 heteroatoms. The van der Waals surface area contributed by atoms with E-state index in [1.165, 1.54) is 6.07 Å². The number of carbonyl (C=O) groups excluding carboxylic acids is 1. The molecule has 1 aromatic heterocycles. The van der Waals surface area contributed by atoms with E-state index >= 15 is 0 Å². The molecule has 1 heterocycles. The minimum atomic E-state index is -4.38. The number of rotatable bonds is 5. The average molecular weight is 337 g/mol. The smallest absolute Gasteiger partial charge is 0.347 e. The number of halogens is 3. The predicted molar refractivity (Wildman–Crippen MR) is 82.0 cm³/mol. The van der Waals surface area contributed by atoms with Crippen molar-refractivity contribution in [1.82, 2.24) is 14.9 Å². The van der Waals surface area contributed by atoms with Gasteiger partial charge in [0.05, 0.1) is 17.4 Å².